The second kappa shape index (κ2) is 11.6. The van der Waals surface area contributed by atoms with Gasteiger partial charge in [-0.2, -0.15) is 0 Å². The number of ether oxygens (including phenoxy) is 1. The highest BCUT2D eigenvalue weighted by molar-refractivity contribution is 5.72. The Bertz CT molecular complexity index is 435. The lowest BCUT2D eigenvalue weighted by atomic mass is 9.69. The van der Waals surface area contributed by atoms with Crippen molar-refractivity contribution in [2.24, 2.45) is 29.6 Å². The molecule has 3 rings (SSSR count). The second-order valence-electron chi connectivity index (χ2n) is 10.4. The number of carbonyl (C=O) groups excluding carboxylic acids is 1. The quantitative estimate of drug-likeness (QED) is 0.397. The SMILES string of the molecule is CCCCC1CCC(OC(=O)C2CCC(C3CCC(CCC)CC3)CC2)CC1. The van der Waals surface area contributed by atoms with Crippen molar-refractivity contribution in [3.63, 3.8) is 0 Å². The van der Waals surface area contributed by atoms with Gasteiger partial charge < -0.3 is 4.74 Å². The van der Waals surface area contributed by atoms with Crippen molar-refractivity contribution < 1.29 is 9.53 Å². The highest BCUT2D eigenvalue weighted by atomic mass is 16.5. The van der Waals surface area contributed by atoms with Crippen LogP contribution in [0.25, 0.3) is 0 Å². The van der Waals surface area contributed by atoms with Crippen molar-refractivity contribution in [3.05, 3.63) is 0 Å². The first-order chi connectivity index (χ1) is 13.7. The molecule has 0 aliphatic heterocycles. The molecule has 3 fully saturated rings. The first kappa shape index (κ1) is 22.2. The van der Waals surface area contributed by atoms with Crippen LogP contribution in [0.4, 0.5) is 0 Å². The normalized spacial score (nSPS) is 36.8. The molecule has 0 N–H and O–H groups in total. The van der Waals surface area contributed by atoms with Crippen LogP contribution in [-0.4, -0.2) is 12.1 Å². The van der Waals surface area contributed by atoms with Crippen molar-refractivity contribution in [2.75, 3.05) is 0 Å². The maximum atomic E-state index is 12.7. The van der Waals surface area contributed by atoms with Gasteiger partial charge in [0.1, 0.15) is 6.10 Å². The van der Waals surface area contributed by atoms with E-state index in [-0.39, 0.29) is 18.0 Å². The molecule has 162 valence electrons. The van der Waals surface area contributed by atoms with E-state index in [9.17, 15) is 4.79 Å². The summed E-state index contributed by atoms with van der Waals surface area (Å²) >= 11 is 0. The average molecular weight is 391 g/mol. The van der Waals surface area contributed by atoms with Crippen molar-refractivity contribution >= 4 is 5.97 Å². The number of unbranched alkanes of at least 4 members (excludes halogenated alkanes) is 1. The van der Waals surface area contributed by atoms with E-state index in [2.05, 4.69) is 13.8 Å². The Hall–Kier alpha value is -0.530. The van der Waals surface area contributed by atoms with Gasteiger partial charge in [0.2, 0.25) is 0 Å². The van der Waals surface area contributed by atoms with E-state index < -0.39 is 0 Å². The molecule has 3 aliphatic carbocycles. The highest BCUT2D eigenvalue weighted by Gasteiger charge is 2.34. The third-order valence-corrected chi connectivity index (χ3v) is 8.40. The zero-order valence-corrected chi connectivity index (χ0v) is 18.8. The summed E-state index contributed by atoms with van der Waals surface area (Å²) in [5.74, 6) is 4.07. The average Bonchev–Trinajstić information content (AvgIpc) is 2.74. The van der Waals surface area contributed by atoms with E-state index in [4.69, 9.17) is 4.74 Å². The summed E-state index contributed by atoms with van der Waals surface area (Å²) in [6, 6.07) is 0. The minimum atomic E-state index is 0.141. The summed E-state index contributed by atoms with van der Waals surface area (Å²) in [7, 11) is 0. The molecule has 3 saturated carbocycles. The van der Waals surface area contributed by atoms with E-state index in [0.29, 0.717) is 0 Å². The maximum absolute atomic E-state index is 12.7. The van der Waals surface area contributed by atoms with Gasteiger partial charge in [0, 0.05) is 0 Å². The molecule has 0 amide bonds. The van der Waals surface area contributed by atoms with E-state index in [1.165, 1.54) is 83.5 Å². The Morgan fingerprint density at radius 2 is 1.21 bits per heavy atom. The summed E-state index contributed by atoms with van der Waals surface area (Å²) in [5, 5.41) is 0. The number of hydrogen-bond donors (Lipinski definition) is 0. The highest BCUT2D eigenvalue weighted by Crippen LogP contribution is 2.42. The zero-order chi connectivity index (χ0) is 19.8. The molecule has 0 aromatic rings. The fourth-order valence-electron chi connectivity index (χ4n) is 6.47. The van der Waals surface area contributed by atoms with E-state index >= 15 is 0 Å². The molecule has 0 spiro atoms. The molecular formula is C26H46O2. The Balaban J connectivity index is 1.32. The summed E-state index contributed by atoms with van der Waals surface area (Å²) in [6.45, 7) is 4.60. The third kappa shape index (κ3) is 6.49. The van der Waals surface area contributed by atoms with Gasteiger partial charge in [-0.1, -0.05) is 58.8 Å². The van der Waals surface area contributed by atoms with E-state index in [0.717, 1.165) is 49.4 Å². The van der Waals surface area contributed by atoms with Gasteiger partial charge in [0.15, 0.2) is 0 Å². The molecule has 3 aliphatic rings. The van der Waals surface area contributed by atoms with Gasteiger partial charge in [-0.05, 0) is 87.9 Å². The van der Waals surface area contributed by atoms with Gasteiger partial charge in [0.25, 0.3) is 0 Å². The number of esters is 1. The smallest absolute Gasteiger partial charge is 0.309 e. The topological polar surface area (TPSA) is 26.3 Å². The Morgan fingerprint density at radius 1 is 0.679 bits per heavy atom. The largest absolute Gasteiger partial charge is 0.462 e. The van der Waals surface area contributed by atoms with Crippen LogP contribution in [0.2, 0.25) is 0 Å². The fraction of sp³-hybridized carbons (Fsp3) is 0.962. The summed E-state index contributed by atoms with van der Waals surface area (Å²) in [4.78, 5) is 12.7. The van der Waals surface area contributed by atoms with E-state index in [1.807, 2.05) is 0 Å². The van der Waals surface area contributed by atoms with Crippen molar-refractivity contribution in [1.82, 2.24) is 0 Å². The Morgan fingerprint density at radius 3 is 1.79 bits per heavy atom. The molecule has 0 unspecified atom stereocenters. The molecule has 0 aromatic heterocycles. The van der Waals surface area contributed by atoms with Crippen molar-refractivity contribution in [3.8, 4) is 0 Å². The van der Waals surface area contributed by atoms with Crippen LogP contribution in [0, 0.1) is 29.6 Å². The second-order valence-corrected chi connectivity index (χ2v) is 10.4. The van der Waals surface area contributed by atoms with Gasteiger partial charge in [0.05, 0.1) is 5.92 Å². The lowest BCUT2D eigenvalue weighted by Gasteiger charge is -2.37. The zero-order valence-electron chi connectivity index (χ0n) is 18.8. The summed E-state index contributed by atoms with van der Waals surface area (Å²) in [5.41, 5.74) is 0. The monoisotopic (exact) mass is 390 g/mol. The molecular weight excluding hydrogens is 344 g/mol. The van der Waals surface area contributed by atoms with Gasteiger partial charge >= 0.3 is 5.97 Å². The number of hydrogen-bond acceptors (Lipinski definition) is 2. The standard InChI is InChI=1S/C26H46O2/c1-3-5-7-21-10-18-25(19-11-21)28-26(27)24-16-14-23(15-17-24)22-12-8-20(6-4-2)9-13-22/h20-25H,3-19H2,1-2H3. The van der Waals surface area contributed by atoms with Crippen LogP contribution in [0.5, 0.6) is 0 Å². The summed E-state index contributed by atoms with van der Waals surface area (Å²) in [6.07, 6.45) is 22.3. The van der Waals surface area contributed by atoms with Crippen LogP contribution < -0.4 is 0 Å². The van der Waals surface area contributed by atoms with Crippen LogP contribution in [-0.2, 0) is 9.53 Å². The minimum absolute atomic E-state index is 0.141. The lowest BCUT2D eigenvalue weighted by molar-refractivity contribution is -0.157. The molecule has 0 bridgehead atoms. The molecule has 0 aromatic carbocycles. The van der Waals surface area contributed by atoms with Crippen LogP contribution >= 0.6 is 0 Å². The van der Waals surface area contributed by atoms with Gasteiger partial charge in [-0.15, -0.1) is 0 Å². The third-order valence-electron chi connectivity index (χ3n) is 8.40. The number of carbonyl (C=O) groups is 1. The molecule has 0 saturated heterocycles. The molecule has 2 heteroatoms. The Kier molecular flexibility index (Phi) is 9.18. The molecule has 0 atom stereocenters. The lowest BCUT2D eigenvalue weighted by Crippen LogP contribution is -2.32. The first-order valence-corrected chi connectivity index (χ1v) is 12.9. The van der Waals surface area contributed by atoms with Crippen molar-refractivity contribution in [1.29, 1.82) is 0 Å². The predicted octanol–water partition coefficient (Wildman–Crippen LogP) is 7.69. The van der Waals surface area contributed by atoms with E-state index in [1.54, 1.807) is 0 Å². The summed E-state index contributed by atoms with van der Waals surface area (Å²) < 4.78 is 5.97. The number of rotatable bonds is 8. The predicted molar refractivity (Wildman–Crippen MR) is 117 cm³/mol. The maximum Gasteiger partial charge on any atom is 0.309 e. The van der Waals surface area contributed by atoms with Gasteiger partial charge in [-0.25, -0.2) is 0 Å². The molecule has 0 radical (unpaired) electrons. The fourth-order valence-corrected chi connectivity index (χ4v) is 6.47. The van der Waals surface area contributed by atoms with Gasteiger partial charge in [-0.3, -0.25) is 4.79 Å². The van der Waals surface area contributed by atoms with Crippen molar-refractivity contribution in [2.45, 2.75) is 129 Å². The molecule has 2 nitrogen and oxygen atoms in total. The molecule has 0 heterocycles. The van der Waals surface area contributed by atoms with Crippen LogP contribution in [0.15, 0.2) is 0 Å². The minimum Gasteiger partial charge on any atom is -0.462 e. The van der Waals surface area contributed by atoms with Crippen LogP contribution in [0.3, 0.4) is 0 Å². The first-order valence-electron chi connectivity index (χ1n) is 12.9. The Labute approximate surface area is 174 Å². The molecule has 28 heavy (non-hydrogen) atoms. The van der Waals surface area contributed by atoms with Crippen LogP contribution in [0.1, 0.15) is 123 Å².